The molecule has 0 heterocycles. The van der Waals surface area contributed by atoms with E-state index in [0.29, 0.717) is 11.3 Å². The normalized spacial score (nSPS) is 23.0. The summed E-state index contributed by atoms with van der Waals surface area (Å²) in [5, 5.41) is 7.21. The molecule has 1 aliphatic rings. The third-order valence-electron chi connectivity index (χ3n) is 4.33. The molecule has 3 atom stereocenters. The summed E-state index contributed by atoms with van der Waals surface area (Å²) in [5.74, 6) is 1.66. The molecule has 0 aromatic heterocycles. The maximum absolute atomic E-state index is 12.1. The van der Waals surface area contributed by atoms with Gasteiger partial charge in [0.2, 0.25) is 0 Å². The number of unbranched alkanes of at least 4 members (excludes halogenated alkanes) is 1. The van der Waals surface area contributed by atoms with Crippen LogP contribution >= 0.6 is 0 Å². The van der Waals surface area contributed by atoms with Crippen molar-refractivity contribution in [2.24, 2.45) is 4.99 Å². The first-order valence-electron chi connectivity index (χ1n) is 9.70. The van der Waals surface area contributed by atoms with Crippen molar-refractivity contribution in [1.82, 2.24) is 10.6 Å². The number of hydrogen-bond acceptors (Lipinski definition) is 3. The maximum Gasteiger partial charge on any atom is 0.191 e. The van der Waals surface area contributed by atoms with Crippen molar-refractivity contribution < 1.29 is 8.95 Å². The van der Waals surface area contributed by atoms with Crippen molar-refractivity contribution in [3.63, 3.8) is 0 Å². The van der Waals surface area contributed by atoms with Crippen LogP contribution in [0.4, 0.5) is 0 Å². The predicted molar refractivity (Wildman–Crippen MR) is 104 cm³/mol. The van der Waals surface area contributed by atoms with E-state index in [9.17, 15) is 4.21 Å². The lowest BCUT2D eigenvalue weighted by molar-refractivity contribution is 0.130. The molecule has 2 N–H and O–H groups in total. The second-order valence-electron chi connectivity index (χ2n) is 6.38. The van der Waals surface area contributed by atoms with Crippen LogP contribution in [0.3, 0.4) is 0 Å². The molecule has 5 nitrogen and oxygen atoms in total. The van der Waals surface area contributed by atoms with E-state index in [0.717, 1.165) is 76.5 Å². The molecule has 142 valence electrons. The van der Waals surface area contributed by atoms with Crippen molar-refractivity contribution in [1.29, 1.82) is 0 Å². The molecule has 1 fully saturated rings. The van der Waals surface area contributed by atoms with Gasteiger partial charge in [-0.05, 0) is 39.0 Å². The molecule has 0 saturated heterocycles. The van der Waals surface area contributed by atoms with E-state index in [2.05, 4.69) is 29.5 Å². The minimum atomic E-state index is -0.681. The fourth-order valence-corrected chi connectivity index (χ4v) is 4.32. The number of hydrogen-bond donors (Lipinski definition) is 2. The molecule has 24 heavy (non-hydrogen) atoms. The summed E-state index contributed by atoms with van der Waals surface area (Å²) in [6, 6.07) is 0.387. The quantitative estimate of drug-likeness (QED) is 0.338. The number of guanidine groups is 1. The van der Waals surface area contributed by atoms with Gasteiger partial charge in [0, 0.05) is 54.1 Å². The zero-order valence-corrected chi connectivity index (χ0v) is 16.6. The Morgan fingerprint density at radius 2 is 2.00 bits per heavy atom. The molecule has 3 unspecified atom stereocenters. The Morgan fingerprint density at radius 1 is 1.21 bits per heavy atom. The Labute approximate surface area is 150 Å². The maximum atomic E-state index is 12.1. The van der Waals surface area contributed by atoms with E-state index in [-0.39, 0.29) is 0 Å². The van der Waals surface area contributed by atoms with Gasteiger partial charge in [0.25, 0.3) is 0 Å². The third kappa shape index (κ3) is 9.02. The fraction of sp³-hybridized carbons (Fsp3) is 0.944. The highest BCUT2D eigenvalue weighted by molar-refractivity contribution is 7.85. The smallest absolute Gasteiger partial charge is 0.191 e. The van der Waals surface area contributed by atoms with Crippen LogP contribution in [0.15, 0.2) is 4.99 Å². The average molecular weight is 360 g/mol. The van der Waals surface area contributed by atoms with Gasteiger partial charge < -0.3 is 15.4 Å². The Kier molecular flexibility index (Phi) is 12.2. The molecular weight excluding hydrogens is 322 g/mol. The van der Waals surface area contributed by atoms with E-state index in [1.807, 2.05) is 6.92 Å². The largest absolute Gasteiger partial charge is 0.381 e. The number of nitrogens with one attached hydrogen (secondary N) is 2. The zero-order valence-electron chi connectivity index (χ0n) is 15.8. The first-order valence-corrected chi connectivity index (χ1v) is 11.1. The van der Waals surface area contributed by atoms with E-state index < -0.39 is 10.8 Å². The molecule has 0 radical (unpaired) electrons. The Bertz CT molecular complexity index is 377. The van der Waals surface area contributed by atoms with Crippen molar-refractivity contribution in [3.05, 3.63) is 0 Å². The number of nitrogens with zero attached hydrogens (tertiary/aromatic N) is 1. The molecule has 0 amide bonds. The first-order chi connectivity index (χ1) is 11.7. The highest BCUT2D eigenvalue weighted by Gasteiger charge is 2.25. The summed E-state index contributed by atoms with van der Waals surface area (Å²) in [7, 11) is -0.681. The second kappa shape index (κ2) is 13.6. The molecular formula is C18H37N3O2S. The van der Waals surface area contributed by atoms with Crippen LogP contribution in [0.2, 0.25) is 0 Å². The molecule has 0 aromatic rings. The van der Waals surface area contributed by atoms with E-state index >= 15 is 0 Å². The summed E-state index contributed by atoms with van der Waals surface area (Å²) < 4.78 is 17.6. The Balaban J connectivity index is 2.35. The van der Waals surface area contributed by atoms with Gasteiger partial charge in [-0.15, -0.1) is 0 Å². The van der Waals surface area contributed by atoms with Crippen LogP contribution < -0.4 is 10.6 Å². The SMILES string of the molecule is CCCCOCCCN=C(NCC)NC1CCCC(S(=O)CC)C1. The standard InChI is InChI=1S/C18H37N3O2S/c1-4-7-13-23-14-9-12-20-18(19-5-2)21-16-10-8-11-17(15-16)24(22)6-3/h16-17H,4-15H2,1-3H3,(H2,19,20,21). The zero-order chi connectivity index (χ0) is 17.6. The topological polar surface area (TPSA) is 62.7 Å². The molecule has 1 saturated carbocycles. The molecule has 0 bridgehead atoms. The number of aliphatic imine (C=N–C) groups is 1. The van der Waals surface area contributed by atoms with Crippen LogP contribution in [-0.2, 0) is 15.5 Å². The van der Waals surface area contributed by atoms with Gasteiger partial charge in [-0.1, -0.05) is 26.7 Å². The molecule has 6 heteroatoms. The predicted octanol–water partition coefficient (Wildman–Crippen LogP) is 2.83. The average Bonchev–Trinajstić information content (AvgIpc) is 2.60. The van der Waals surface area contributed by atoms with Gasteiger partial charge in [-0.3, -0.25) is 9.20 Å². The van der Waals surface area contributed by atoms with E-state index in [1.165, 1.54) is 6.42 Å². The van der Waals surface area contributed by atoms with Gasteiger partial charge in [0.15, 0.2) is 5.96 Å². The van der Waals surface area contributed by atoms with Gasteiger partial charge in [0.1, 0.15) is 0 Å². The van der Waals surface area contributed by atoms with Crippen LogP contribution in [0.25, 0.3) is 0 Å². The van der Waals surface area contributed by atoms with Crippen molar-refractivity contribution >= 4 is 16.8 Å². The molecule has 0 aliphatic heterocycles. The van der Waals surface area contributed by atoms with Gasteiger partial charge in [-0.25, -0.2) is 0 Å². The minimum absolute atomic E-state index is 0.344. The molecule has 0 spiro atoms. The first kappa shape index (κ1) is 21.4. The molecule has 1 rings (SSSR count). The summed E-state index contributed by atoms with van der Waals surface area (Å²) in [5.41, 5.74) is 0. The lowest BCUT2D eigenvalue weighted by Crippen LogP contribution is -2.46. The second-order valence-corrected chi connectivity index (χ2v) is 8.38. The number of rotatable bonds is 11. The Morgan fingerprint density at radius 3 is 2.71 bits per heavy atom. The lowest BCUT2D eigenvalue weighted by atomic mass is 9.95. The van der Waals surface area contributed by atoms with Crippen molar-refractivity contribution in [2.45, 2.75) is 77.0 Å². The van der Waals surface area contributed by atoms with Gasteiger partial charge >= 0.3 is 0 Å². The summed E-state index contributed by atoms with van der Waals surface area (Å²) in [6.45, 7) is 9.55. The van der Waals surface area contributed by atoms with Gasteiger partial charge in [0.05, 0.1) is 0 Å². The molecule has 0 aromatic carbocycles. The monoisotopic (exact) mass is 359 g/mol. The summed E-state index contributed by atoms with van der Waals surface area (Å²) in [6.07, 6.45) is 7.65. The van der Waals surface area contributed by atoms with Crippen molar-refractivity contribution in [2.75, 3.05) is 32.1 Å². The van der Waals surface area contributed by atoms with Crippen molar-refractivity contribution in [3.8, 4) is 0 Å². The minimum Gasteiger partial charge on any atom is -0.381 e. The highest BCUT2D eigenvalue weighted by Crippen LogP contribution is 2.22. The van der Waals surface area contributed by atoms with Crippen LogP contribution in [0.1, 0.15) is 65.7 Å². The van der Waals surface area contributed by atoms with Gasteiger partial charge in [-0.2, -0.15) is 0 Å². The van der Waals surface area contributed by atoms with Crippen LogP contribution in [-0.4, -0.2) is 53.5 Å². The Hall–Kier alpha value is -0.620. The van der Waals surface area contributed by atoms with E-state index in [4.69, 9.17) is 4.74 Å². The summed E-state index contributed by atoms with van der Waals surface area (Å²) >= 11 is 0. The van der Waals surface area contributed by atoms with E-state index in [1.54, 1.807) is 0 Å². The molecule has 1 aliphatic carbocycles. The number of ether oxygens (including phenoxy) is 1. The van der Waals surface area contributed by atoms with Crippen LogP contribution in [0.5, 0.6) is 0 Å². The highest BCUT2D eigenvalue weighted by atomic mass is 32.2. The van der Waals surface area contributed by atoms with Crippen LogP contribution in [0, 0.1) is 0 Å². The third-order valence-corrected chi connectivity index (χ3v) is 6.07. The fourth-order valence-electron chi connectivity index (χ4n) is 2.97. The lowest BCUT2D eigenvalue weighted by Gasteiger charge is -2.30. The summed E-state index contributed by atoms with van der Waals surface area (Å²) in [4.78, 5) is 4.65.